The van der Waals surface area contributed by atoms with E-state index in [1.165, 1.54) is 12.5 Å². The van der Waals surface area contributed by atoms with Crippen LogP contribution in [-0.2, 0) is 6.61 Å². The van der Waals surface area contributed by atoms with Crippen LogP contribution in [0.25, 0.3) is 0 Å². The van der Waals surface area contributed by atoms with E-state index >= 15 is 0 Å². The number of hydrogen-bond acceptors (Lipinski definition) is 4. The zero-order chi connectivity index (χ0) is 12.3. The van der Waals surface area contributed by atoms with Gasteiger partial charge in [0.25, 0.3) is 0 Å². The summed E-state index contributed by atoms with van der Waals surface area (Å²) in [6, 6.07) is 5.03. The number of ether oxygens (including phenoxy) is 1. The highest BCUT2D eigenvalue weighted by Crippen LogP contribution is 2.34. The van der Waals surface area contributed by atoms with Gasteiger partial charge in [-0.1, -0.05) is 29.3 Å². The smallest absolute Gasteiger partial charge is 0.227 e. The molecule has 88 valence electrons. The van der Waals surface area contributed by atoms with Gasteiger partial charge in [0.2, 0.25) is 5.88 Å². The zero-order valence-electron chi connectivity index (χ0n) is 8.60. The van der Waals surface area contributed by atoms with Crippen molar-refractivity contribution < 1.29 is 9.84 Å². The summed E-state index contributed by atoms with van der Waals surface area (Å²) in [7, 11) is 0. The molecule has 4 nitrogen and oxygen atoms in total. The van der Waals surface area contributed by atoms with Gasteiger partial charge in [-0.05, 0) is 12.1 Å². The summed E-state index contributed by atoms with van der Waals surface area (Å²) in [5.41, 5.74) is 0.476. The molecule has 0 spiro atoms. The van der Waals surface area contributed by atoms with Gasteiger partial charge in [0.1, 0.15) is 17.1 Å². The first-order valence-electron chi connectivity index (χ1n) is 4.74. The zero-order valence-corrected chi connectivity index (χ0v) is 10.1. The highest BCUT2D eigenvalue weighted by Gasteiger charge is 2.10. The van der Waals surface area contributed by atoms with E-state index in [0.717, 1.165) is 0 Å². The molecule has 0 saturated heterocycles. The van der Waals surface area contributed by atoms with Crippen LogP contribution in [0.2, 0.25) is 10.0 Å². The Kier molecular flexibility index (Phi) is 3.78. The minimum atomic E-state index is -0.214. The molecular weight excluding hydrogens is 263 g/mol. The first-order chi connectivity index (χ1) is 8.22. The number of aromatic nitrogens is 2. The van der Waals surface area contributed by atoms with Crippen LogP contribution in [0.15, 0.2) is 30.7 Å². The van der Waals surface area contributed by atoms with Crippen LogP contribution in [0.3, 0.4) is 0 Å². The molecule has 0 amide bonds. The van der Waals surface area contributed by atoms with Gasteiger partial charge in [-0.2, -0.15) is 0 Å². The Hall–Kier alpha value is -1.36. The second-order valence-electron chi connectivity index (χ2n) is 3.17. The lowest BCUT2D eigenvalue weighted by Crippen LogP contribution is -1.96. The number of nitrogens with zero attached hydrogens (tertiary/aromatic N) is 2. The third-order valence-electron chi connectivity index (χ3n) is 2.04. The molecule has 1 N–H and O–H groups in total. The van der Waals surface area contributed by atoms with Crippen molar-refractivity contribution >= 4 is 23.2 Å². The minimum absolute atomic E-state index is 0.214. The van der Waals surface area contributed by atoms with Gasteiger partial charge in [-0.25, -0.2) is 9.97 Å². The van der Waals surface area contributed by atoms with Gasteiger partial charge in [0, 0.05) is 6.20 Å². The molecule has 0 aliphatic carbocycles. The highest BCUT2D eigenvalue weighted by atomic mass is 35.5. The fourth-order valence-corrected chi connectivity index (χ4v) is 1.54. The third-order valence-corrected chi connectivity index (χ3v) is 2.84. The molecule has 0 aliphatic rings. The van der Waals surface area contributed by atoms with Gasteiger partial charge in [-0.15, -0.1) is 0 Å². The van der Waals surface area contributed by atoms with Crippen molar-refractivity contribution in [2.45, 2.75) is 6.61 Å². The average Bonchev–Trinajstić information content (AvgIpc) is 2.35. The van der Waals surface area contributed by atoms with Crippen molar-refractivity contribution in [2.75, 3.05) is 0 Å². The fraction of sp³-hybridized carbons (Fsp3) is 0.0909. The van der Waals surface area contributed by atoms with Crippen molar-refractivity contribution in [1.82, 2.24) is 9.97 Å². The number of rotatable bonds is 3. The standard InChI is InChI=1S/C11H8Cl2N2O2/c12-8-2-1-3-9(10(8)13)17-11-7(5-16)4-14-6-15-11/h1-4,6,16H,5H2. The van der Waals surface area contributed by atoms with Gasteiger partial charge in [0.15, 0.2) is 0 Å². The van der Waals surface area contributed by atoms with E-state index in [1.807, 2.05) is 0 Å². The Morgan fingerprint density at radius 3 is 2.88 bits per heavy atom. The quantitative estimate of drug-likeness (QED) is 0.932. The lowest BCUT2D eigenvalue weighted by Gasteiger charge is -2.09. The monoisotopic (exact) mass is 270 g/mol. The van der Waals surface area contributed by atoms with Gasteiger partial charge < -0.3 is 9.84 Å². The molecule has 0 aliphatic heterocycles. The van der Waals surface area contributed by atoms with Gasteiger partial charge in [0.05, 0.1) is 17.2 Å². The van der Waals surface area contributed by atoms with Gasteiger partial charge >= 0.3 is 0 Å². The first-order valence-corrected chi connectivity index (χ1v) is 5.49. The summed E-state index contributed by atoms with van der Waals surface area (Å²) >= 11 is 11.8. The lowest BCUT2D eigenvalue weighted by molar-refractivity contribution is 0.274. The highest BCUT2D eigenvalue weighted by molar-refractivity contribution is 6.42. The maximum Gasteiger partial charge on any atom is 0.227 e. The summed E-state index contributed by atoms with van der Waals surface area (Å²) in [5.74, 6) is 0.638. The number of aliphatic hydroxyl groups is 1. The number of benzene rings is 1. The molecule has 17 heavy (non-hydrogen) atoms. The maximum absolute atomic E-state index is 9.10. The van der Waals surface area contributed by atoms with Crippen molar-refractivity contribution in [3.63, 3.8) is 0 Å². The molecule has 0 fully saturated rings. The largest absolute Gasteiger partial charge is 0.437 e. The SMILES string of the molecule is OCc1cncnc1Oc1cccc(Cl)c1Cl. The van der Waals surface area contributed by atoms with E-state index in [9.17, 15) is 0 Å². The predicted octanol–water partition coefficient (Wildman–Crippen LogP) is 3.07. The molecule has 1 aromatic carbocycles. The molecule has 2 aromatic rings. The van der Waals surface area contributed by atoms with Crippen LogP contribution < -0.4 is 4.74 Å². The minimum Gasteiger partial charge on any atom is -0.437 e. The second kappa shape index (κ2) is 5.31. The normalized spacial score (nSPS) is 10.3. The molecule has 1 aromatic heterocycles. The van der Waals surface area contributed by atoms with Crippen molar-refractivity contribution in [3.8, 4) is 11.6 Å². The predicted molar refractivity (Wildman–Crippen MR) is 64.5 cm³/mol. The van der Waals surface area contributed by atoms with Crippen molar-refractivity contribution in [2.24, 2.45) is 0 Å². The molecule has 0 radical (unpaired) electrons. The van der Waals surface area contributed by atoms with Crippen LogP contribution in [-0.4, -0.2) is 15.1 Å². The Labute approximate surface area is 108 Å². The summed E-state index contributed by atoms with van der Waals surface area (Å²) in [6.45, 7) is -0.214. The van der Waals surface area contributed by atoms with E-state index in [1.54, 1.807) is 18.2 Å². The van der Waals surface area contributed by atoms with E-state index in [-0.39, 0.29) is 12.5 Å². The first kappa shape index (κ1) is 12.1. The Morgan fingerprint density at radius 1 is 1.29 bits per heavy atom. The molecule has 0 atom stereocenters. The van der Waals surface area contributed by atoms with E-state index in [2.05, 4.69) is 9.97 Å². The molecular formula is C11H8Cl2N2O2. The lowest BCUT2D eigenvalue weighted by atomic mass is 10.3. The Bertz CT molecular complexity index is 535. The molecule has 6 heteroatoms. The molecule has 0 saturated carbocycles. The van der Waals surface area contributed by atoms with Crippen LogP contribution >= 0.6 is 23.2 Å². The Morgan fingerprint density at radius 2 is 2.12 bits per heavy atom. The molecule has 0 unspecified atom stereocenters. The summed E-state index contributed by atoms with van der Waals surface area (Å²) in [6.07, 6.45) is 2.80. The Balaban J connectivity index is 2.35. The number of aliphatic hydroxyl groups excluding tert-OH is 1. The van der Waals surface area contributed by atoms with Crippen molar-refractivity contribution in [1.29, 1.82) is 0 Å². The molecule has 2 rings (SSSR count). The van der Waals surface area contributed by atoms with Crippen LogP contribution in [0.4, 0.5) is 0 Å². The molecule has 0 bridgehead atoms. The second-order valence-corrected chi connectivity index (χ2v) is 3.95. The summed E-state index contributed by atoms with van der Waals surface area (Å²) in [4.78, 5) is 7.71. The summed E-state index contributed by atoms with van der Waals surface area (Å²) in [5, 5.41) is 9.80. The van der Waals surface area contributed by atoms with Crippen molar-refractivity contribution in [3.05, 3.63) is 46.3 Å². The third kappa shape index (κ3) is 2.66. The topological polar surface area (TPSA) is 55.2 Å². The average molecular weight is 271 g/mol. The van der Waals surface area contributed by atoms with Crippen LogP contribution in [0.5, 0.6) is 11.6 Å². The van der Waals surface area contributed by atoms with E-state index in [0.29, 0.717) is 21.4 Å². The van der Waals surface area contributed by atoms with E-state index < -0.39 is 0 Å². The van der Waals surface area contributed by atoms with Crippen LogP contribution in [0.1, 0.15) is 5.56 Å². The van der Waals surface area contributed by atoms with E-state index in [4.69, 9.17) is 33.0 Å². The van der Waals surface area contributed by atoms with Gasteiger partial charge in [-0.3, -0.25) is 0 Å². The van der Waals surface area contributed by atoms with Crippen LogP contribution in [0, 0.1) is 0 Å². The number of halogens is 2. The maximum atomic E-state index is 9.10. The fourth-order valence-electron chi connectivity index (χ4n) is 1.21. The molecule has 1 heterocycles. The number of hydrogen-bond donors (Lipinski definition) is 1. The summed E-state index contributed by atoms with van der Waals surface area (Å²) < 4.78 is 5.48.